The third-order valence-electron chi connectivity index (χ3n) is 6.33. The molecule has 4 heteroatoms. The highest BCUT2D eigenvalue weighted by Crippen LogP contribution is 2.44. The molecular weight excluding hydrogens is 356 g/mol. The summed E-state index contributed by atoms with van der Waals surface area (Å²) in [6, 6.07) is 14.9. The van der Waals surface area contributed by atoms with E-state index < -0.39 is 0 Å². The number of hydrogen-bond donors (Lipinski definition) is 0. The van der Waals surface area contributed by atoms with Crippen molar-refractivity contribution in [3.63, 3.8) is 0 Å². The van der Waals surface area contributed by atoms with Crippen LogP contribution in [0.4, 0.5) is 5.69 Å². The third kappa shape index (κ3) is 3.21. The molecule has 0 saturated carbocycles. The van der Waals surface area contributed by atoms with Crippen LogP contribution in [-0.4, -0.2) is 23.1 Å². The molecule has 29 heavy (non-hydrogen) atoms. The Hall–Kier alpha value is -3.06. The molecule has 0 amide bonds. The van der Waals surface area contributed by atoms with E-state index >= 15 is 0 Å². The SMILES string of the molecule is CCC(C)(C)c1cc(C#N)c2c(c1-c1nccn1-c1ccccc1)CCCN2C. The van der Waals surface area contributed by atoms with Crippen molar-refractivity contribution in [1.82, 2.24) is 9.55 Å². The molecule has 0 radical (unpaired) electrons. The monoisotopic (exact) mass is 384 g/mol. The van der Waals surface area contributed by atoms with Crippen LogP contribution in [0, 0.1) is 11.3 Å². The molecule has 4 rings (SSSR count). The molecule has 1 aromatic heterocycles. The number of aromatic nitrogens is 2. The highest BCUT2D eigenvalue weighted by molar-refractivity contribution is 5.81. The number of nitrogens with zero attached hydrogens (tertiary/aromatic N) is 4. The average Bonchev–Trinajstić information content (AvgIpc) is 3.22. The Bertz CT molecular complexity index is 1070. The molecule has 0 spiro atoms. The standard InChI is InChI=1S/C25H28N4/c1-5-25(2,3)21-16-18(17-26)23-20(12-9-14-28(23)4)22(21)24-27-13-15-29(24)19-10-7-6-8-11-19/h6-8,10-11,13,15-16H,5,9,12,14H2,1-4H3. The van der Waals surface area contributed by atoms with Crippen molar-refractivity contribution < 1.29 is 0 Å². The zero-order valence-corrected chi connectivity index (χ0v) is 17.7. The smallest absolute Gasteiger partial charge is 0.145 e. The minimum absolute atomic E-state index is 0.0561. The van der Waals surface area contributed by atoms with Crippen LogP contribution in [0.2, 0.25) is 0 Å². The molecule has 1 aliphatic rings. The van der Waals surface area contributed by atoms with Crippen LogP contribution in [0.15, 0.2) is 48.8 Å². The van der Waals surface area contributed by atoms with Gasteiger partial charge >= 0.3 is 0 Å². The van der Waals surface area contributed by atoms with Gasteiger partial charge in [0.2, 0.25) is 0 Å². The van der Waals surface area contributed by atoms with Gasteiger partial charge in [0, 0.05) is 37.2 Å². The van der Waals surface area contributed by atoms with Crippen LogP contribution >= 0.6 is 0 Å². The molecule has 2 aromatic carbocycles. The fourth-order valence-corrected chi connectivity index (χ4v) is 4.36. The Morgan fingerprint density at radius 3 is 2.66 bits per heavy atom. The number of imidazole rings is 1. The molecule has 148 valence electrons. The topological polar surface area (TPSA) is 44.9 Å². The van der Waals surface area contributed by atoms with Crippen molar-refractivity contribution in [3.8, 4) is 23.1 Å². The lowest BCUT2D eigenvalue weighted by Crippen LogP contribution is -2.28. The minimum Gasteiger partial charge on any atom is -0.373 e. The Morgan fingerprint density at radius 2 is 1.97 bits per heavy atom. The number of benzene rings is 2. The summed E-state index contributed by atoms with van der Waals surface area (Å²) in [4.78, 5) is 7.06. The highest BCUT2D eigenvalue weighted by atomic mass is 15.1. The van der Waals surface area contributed by atoms with Crippen LogP contribution < -0.4 is 4.90 Å². The van der Waals surface area contributed by atoms with Gasteiger partial charge in [0.1, 0.15) is 11.9 Å². The second kappa shape index (κ2) is 7.40. The number of hydrogen-bond acceptors (Lipinski definition) is 3. The third-order valence-corrected chi connectivity index (χ3v) is 6.33. The summed E-state index contributed by atoms with van der Waals surface area (Å²) in [5, 5.41) is 9.93. The van der Waals surface area contributed by atoms with E-state index in [1.165, 1.54) is 16.7 Å². The van der Waals surface area contributed by atoms with Gasteiger partial charge in [-0.2, -0.15) is 5.26 Å². The molecule has 0 N–H and O–H groups in total. The number of fused-ring (bicyclic) bond motifs is 1. The summed E-state index contributed by atoms with van der Waals surface area (Å²) < 4.78 is 2.17. The molecule has 0 unspecified atom stereocenters. The van der Waals surface area contributed by atoms with Crippen molar-refractivity contribution in [2.75, 3.05) is 18.5 Å². The van der Waals surface area contributed by atoms with Crippen molar-refractivity contribution >= 4 is 5.69 Å². The second-order valence-corrected chi connectivity index (χ2v) is 8.50. The number of rotatable bonds is 4. The number of anilines is 1. The Balaban J connectivity index is 2.08. The molecule has 0 fully saturated rings. The van der Waals surface area contributed by atoms with Crippen LogP contribution in [0.3, 0.4) is 0 Å². The van der Waals surface area contributed by atoms with Crippen LogP contribution in [-0.2, 0) is 11.8 Å². The Kier molecular flexibility index (Phi) is 4.92. The molecule has 0 bridgehead atoms. The molecule has 1 aliphatic heterocycles. The summed E-state index contributed by atoms with van der Waals surface area (Å²) in [5.41, 5.74) is 6.58. The van der Waals surface area contributed by atoms with Gasteiger partial charge in [-0.3, -0.25) is 4.57 Å². The largest absolute Gasteiger partial charge is 0.373 e. The van der Waals surface area contributed by atoms with E-state index in [1.54, 1.807) is 0 Å². The van der Waals surface area contributed by atoms with E-state index in [2.05, 4.69) is 73.7 Å². The van der Waals surface area contributed by atoms with Crippen LogP contribution in [0.1, 0.15) is 50.3 Å². The molecule has 0 saturated heterocycles. The van der Waals surface area contributed by atoms with Gasteiger partial charge < -0.3 is 4.90 Å². The van der Waals surface area contributed by atoms with Gasteiger partial charge in [0.05, 0.1) is 11.3 Å². The maximum Gasteiger partial charge on any atom is 0.145 e. The Labute approximate surface area is 173 Å². The quantitative estimate of drug-likeness (QED) is 0.598. The van der Waals surface area contributed by atoms with E-state index in [4.69, 9.17) is 4.98 Å². The van der Waals surface area contributed by atoms with E-state index in [-0.39, 0.29) is 5.41 Å². The minimum atomic E-state index is -0.0561. The van der Waals surface area contributed by atoms with Crippen molar-refractivity contribution in [2.24, 2.45) is 0 Å². The van der Waals surface area contributed by atoms with E-state index in [1.807, 2.05) is 18.5 Å². The predicted molar refractivity (Wildman–Crippen MR) is 119 cm³/mol. The summed E-state index contributed by atoms with van der Waals surface area (Å²) >= 11 is 0. The first kappa shape index (κ1) is 19.3. The first-order chi connectivity index (χ1) is 14.0. The highest BCUT2D eigenvalue weighted by Gasteiger charge is 2.32. The number of para-hydroxylation sites is 1. The molecule has 0 atom stereocenters. The van der Waals surface area contributed by atoms with Gasteiger partial charge in [-0.15, -0.1) is 0 Å². The lowest BCUT2D eigenvalue weighted by Gasteiger charge is -2.35. The zero-order valence-electron chi connectivity index (χ0n) is 17.7. The predicted octanol–water partition coefficient (Wildman–Crippen LogP) is 5.48. The average molecular weight is 385 g/mol. The van der Waals surface area contributed by atoms with Gasteiger partial charge in [-0.25, -0.2) is 4.98 Å². The maximum atomic E-state index is 9.93. The van der Waals surface area contributed by atoms with Crippen molar-refractivity contribution in [1.29, 1.82) is 5.26 Å². The van der Waals surface area contributed by atoms with Gasteiger partial charge in [-0.1, -0.05) is 39.0 Å². The fraction of sp³-hybridized carbons (Fsp3) is 0.360. The molecule has 3 aromatic rings. The normalized spacial score (nSPS) is 13.8. The maximum absolute atomic E-state index is 9.93. The summed E-state index contributed by atoms with van der Waals surface area (Å²) in [5.74, 6) is 0.962. The second-order valence-electron chi connectivity index (χ2n) is 8.50. The first-order valence-electron chi connectivity index (χ1n) is 10.4. The van der Waals surface area contributed by atoms with Gasteiger partial charge in [-0.05, 0) is 54.0 Å². The fourth-order valence-electron chi connectivity index (χ4n) is 4.36. The van der Waals surface area contributed by atoms with Gasteiger partial charge in [0.25, 0.3) is 0 Å². The Morgan fingerprint density at radius 1 is 1.21 bits per heavy atom. The number of nitriles is 1. The molecular formula is C25H28N4. The summed E-state index contributed by atoms with van der Waals surface area (Å²) in [7, 11) is 2.09. The summed E-state index contributed by atoms with van der Waals surface area (Å²) in [6.45, 7) is 7.72. The zero-order chi connectivity index (χ0) is 20.6. The molecule has 4 nitrogen and oxygen atoms in total. The first-order valence-corrected chi connectivity index (χ1v) is 10.4. The van der Waals surface area contributed by atoms with E-state index in [0.717, 1.165) is 48.6 Å². The van der Waals surface area contributed by atoms with Gasteiger partial charge in [0.15, 0.2) is 0 Å². The van der Waals surface area contributed by atoms with Crippen molar-refractivity contribution in [2.45, 2.75) is 45.4 Å². The summed E-state index contributed by atoms with van der Waals surface area (Å²) in [6.07, 6.45) is 6.96. The molecule has 0 aliphatic carbocycles. The van der Waals surface area contributed by atoms with E-state index in [0.29, 0.717) is 0 Å². The van der Waals surface area contributed by atoms with Crippen LogP contribution in [0.5, 0.6) is 0 Å². The lowest BCUT2D eigenvalue weighted by atomic mass is 9.75. The van der Waals surface area contributed by atoms with E-state index in [9.17, 15) is 5.26 Å². The van der Waals surface area contributed by atoms with Crippen molar-refractivity contribution in [3.05, 3.63) is 65.5 Å². The molecule has 2 heterocycles. The van der Waals surface area contributed by atoms with Crippen LogP contribution in [0.25, 0.3) is 17.1 Å². The lowest BCUT2D eigenvalue weighted by molar-refractivity contribution is 0.506.